The first-order valence-corrected chi connectivity index (χ1v) is 14.2. The summed E-state index contributed by atoms with van der Waals surface area (Å²) in [5.74, 6) is -2.00. The van der Waals surface area contributed by atoms with E-state index in [4.69, 9.17) is 42.6 Å². The van der Waals surface area contributed by atoms with Crippen LogP contribution in [0.3, 0.4) is 0 Å². The van der Waals surface area contributed by atoms with E-state index in [1.807, 2.05) is 18.2 Å². The van der Waals surface area contributed by atoms with Gasteiger partial charge < -0.3 is 14.6 Å². The molecule has 15 heteroatoms. The molecule has 0 atom stereocenters. The highest BCUT2D eigenvalue weighted by Gasteiger charge is 2.31. The van der Waals surface area contributed by atoms with Crippen LogP contribution in [0.2, 0.25) is 5.02 Å². The van der Waals surface area contributed by atoms with Gasteiger partial charge in [-0.1, -0.05) is 50.2 Å². The number of nitro benzene ring substituents is 1. The van der Waals surface area contributed by atoms with Gasteiger partial charge in [0.1, 0.15) is 36.0 Å². The summed E-state index contributed by atoms with van der Waals surface area (Å²) in [4.78, 5) is 43.6. The van der Waals surface area contributed by atoms with Gasteiger partial charge in [-0.2, -0.15) is 13.2 Å². The fourth-order valence-corrected chi connectivity index (χ4v) is 4.18. The molecule has 46 heavy (non-hydrogen) atoms. The number of hydrogen-bond acceptors (Lipinski definition) is 7. The number of hydrogen-bond donors (Lipinski definition) is 1. The summed E-state index contributed by atoms with van der Waals surface area (Å²) < 4.78 is 48.0. The van der Waals surface area contributed by atoms with Crippen molar-refractivity contribution in [3.05, 3.63) is 105 Å². The number of nitrogens with zero attached hydrogens (tertiary/aromatic N) is 2. The third-order valence-corrected chi connectivity index (χ3v) is 6.41. The molecule has 0 heterocycles. The number of anilines is 1. The van der Waals surface area contributed by atoms with E-state index in [-0.39, 0.29) is 35.0 Å². The van der Waals surface area contributed by atoms with Crippen LogP contribution in [0.15, 0.2) is 67.3 Å². The Bertz CT molecular complexity index is 1510. The van der Waals surface area contributed by atoms with E-state index < -0.39 is 33.9 Å². The van der Waals surface area contributed by atoms with Crippen molar-refractivity contribution in [1.29, 1.82) is 0 Å². The van der Waals surface area contributed by atoms with Crippen molar-refractivity contribution < 1.29 is 47.1 Å². The third kappa shape index (κ3) is 11.5. The lowest BCUT2D eigenvalue weighted by Crippen LogP contribution is -2.35. The Labute approximate surface area is 273 Å². The molecule has 0 saturated carbocycles. The molecule has 3 aromatic rings. The minimum atomic E-state index is -4.58. The molecule has 3 rings (SSSR count). The number of para-hydroxylation sites is 1. The molecule has 0 aliphatic rings. The number of carboxylic acid groups (broad SMARTS) is 1. The van der Waals surface area contributed by atoms with Crippen molar-refractivity contribution in [2.75, 3.05) is 24.6 Å². The summed E-state index contributed by atoms with van der Waals surface area (Å²) in [6, 6.07) is 11.4. The summed E-state index contributed by atoms with van der Waals surface area (Å²) in [5.41, 5.74) is 0.994. The van der Waals surface area contributed by atoms with Crippen LogP contribution in [0.4, 0.5) is 24.5 Å². The number of rotatable bonds is 11. The second-order valence-electron chi connectivity index (χ2n) is 8.86. The van der Waals surface area contributed by atoms with Gasteiger partial charge in [0, 0.05) is 19.2 Å². The number of carboxylic acids is 1. The fraction of sp³-hybridized carbons (Fsp3) is 0.258. The molecule has 1 N–H and O–H groups in total. The molecule has 0 aromatic heterocycles. The maximum absolute atomic E-state index is 12.6. The third-order valence-electron chi connectivity index (χ3n) is 5.89. The molecule has 1 amide bonds. The van der Waals surface area contributed by atoms with Crippen LogP contribution >= 0.6 is 23.2 Å². The first kappa shape index (κ1) is 39.6. The number of aryl methyl sites for hydroxylation is 2. The molecule has 0 fully saturated rings. The maximum atomic E-state index is 12.6. The number of benzene rings is 3. The topological polar surface area (TPSA) is 136 Å². The van der Waals surface area contributed by atoms with Crippen LogP contribution in [0, 0.1) is 10.1 Å². The summed E-state index contributed by atoms with van der Waals surface area (Å²) >= 11 is 11.4. The largest absolute Gasteiger partial charge is 0.477 e. The Morgan fingerprint density at radius 3 is 2.09 bits per heavy atom. The van der Waals surface area contributed by atoms with Crippen LogP contribution in [0.5, 0.6) is 11.5 Å². The average Bonchev–Trinajstić information content (AvgIpc) is 3.03. The van der Waals surface area contributed by atoms with Crippen LogP contribution in [0.25, 0.3) is 0 Å². The number of allylic oxidation sites excluding steroid dienone is 1. The Balaban J connectivity index is 0.000000426. The quantitative estimate of drug-likeness (QED) is 0.0533. The zero-order chi connectivity index (χ0) is 35.0. The van der Waals surface area contributed by atoms with E-state index >= 15 is 0 Å². The highest BCUT2D eigenvalue weighted by molar-refractivity contribution is 6.32. The molecule has 0 bridgehead atoms. The van der Waals surface area contributed by atoms with Crippen molar-refractivity contribution in [3.8, 4) is 11.5 Å². The number of methoxy groups -OCH3 is 1. The van der Waals surface area contributed by atoms with Crippen molar-refractivity contribution in [2.45, 2.75) is 32.9 Å². The van der Waals surface area contributed by atoms with Crippen molar-refractivity contribution in [3.63, 3.8) is 0 Å². The van der Waals surface area contributed by atoms with Crippen LogP contribution < -0.4 is 9.64 Å². The Morgan fingerprint density at radius 1 is 1.09 bits per heavy atom. The highest BCUT2D eigenvalue weighted by atomic mass is 35.5. The number of aromatic carboxylic acids is 1. The average molecular weight is 687 g/mol. The Kier molecular flexibility index (Phi) is 16.5. The second kappa shape index (κ2) is 19.1. The van der Waals surface area contributed by atoms with Crippen LogP contribution in [0.1, 0.15) is 40.9 Å². The number of aldehydes is 1. The molecule has 0 spiro atoms. The standard InChI is InChI=1S/C14H7ClF3NO5.C14H20ClNO2.C3H4O/c15-10-5-7(14(16,17)18)1-4-12(10)24-8-2-3-11(19(22)23)9(6-8)13(20)21;1-4-11-7-6-8-12(5-2)14(11)16(10-18-3)13(17)9-15;1-2-3-4/h1-6H,(H,20,21);6-8H,4-5,9-10H2,1-3H3;2-3H,1H2. The first-order chi connectivity index (χ1) is 21.7. The zero-order valence-electron chi connectivity index (χ0n) is 25.0. The van der Waals surface area contributed by atoms with Crippen LogP contribution in [-0.4, -0.2) is 47.9 Å². The van der Waals surface area contributed by atoms with Gasteiger partial charge in [0.2, 0.25) is 5.91 Å². The first-order valence-electron chi connectivity index (χ1n) is 13.3. The molecule has 0 radical (unpaired) electrons. The summed E-state index contributed by atoms with van der Waals surface area (Å²) in [6.45, 7) is 7.50. The SMILES string of the molecule is C=CC=O.CCc1cccc(CC)c1N(COC)C(=O)CCl.O=C(O)c1cc(Oc2ccc(C(F)(F)F)cc2Cl)ccc1[N+](=O)[O-]. The van der Waals surface area contributed by atoms with E-state index in [0.717, 1.165) is 60.0 Å². The highest BCUT2D eigenvalue weighted by Crippen LogP contribution is 2.37. The fourth-order valence-electron chi connectivity index (χ4n) is 3.82. The summed E-state index contributed by atoms with van der Waals surface area (Å²) in [6.07, 6.45) is -0.996. The lowest BCUT2D eigenvalue weighted by atomic mass is 10.0. The second-order valence-corrected chi connectivity index (χ2v) is 9.54. The van der Waals surface area contributed by atoms with E-state index in [1.54, 1.807) is 12.0 Å². The molecular formula is C31H31Cl2F3N2O8. The monoisotopic (exact) mass is 686 g/mol. The predicted molar refractivity (Wildman–Crippen MR) is 168 cm³/mol. The van der Waals surface area contributed by atoms with Gasteiger partial charge in [-0.15, -0.1) is 11.6 Å². The molecule has 3 aromatic carbocycles. The van der Waals surface area contributed by atoms with Gasteiger partial charge in [0.05, 0.1) is 21.2 Å². The molecule has 0 unspecified atom stereocenters. The molecular weight excluding hydrogens is 656 g/mol. The lowest BCUT2D eigenvalue weighted by molar-refractivity contribution is -0.385. The number of amides is 1. The predicted octanol–water partition coefficient (Wildman–Crippen LogP) is 8.12. The lowest BCUT2D eigenvalue weighted by Gasteiger charge is -2.26. The smallest absolute Gasteiger partial charge is 0.416 e. The van der Waals surface area contributed by atoms with Gasteiger partial charge >= 0.3 is 12.1 Å². The number of carbonyl (C=O) groups is 3. The summed E-state index contributed by atoms with van der Waals surface area (Å²) in [5, 5.41) is 19.4. The van der Waals surface area contributed by atoms with E-state index in [9.17, 15) is 32.9 Å². The number of nitro groups is 1. The van der Waals surface area contributed by atoms with Crippen molar-refractivity contribution in [2.24, 2.45) is 0 Å². The maximum Gasteiger partial charge on any atom is 0.416 e. The minimum Gasteiger partial charge on any atom is -0.477 e. The minimum absolute atomic E-state index is 0.0371. The number of alkyl halides is 4. The van der Waals surface area contributed by atoms with Crippen LogP contribution in [-0.2, 0) is 33.3 Å². The van der Waals surface area contributed by atoms with Gasteiger partial charge in [-0.05, 0) is 54.3 Å². The summed E-state index contributed by atoms with van der Waals surface area (Å²) in [7, 11) is 1.58. The normalized spacial score (nSPS) is 10.3. The Morgan fingerprint density at radius 2 is 1.67 bits per heavy atom. The molecule has 0 saturated heterocycles. The van der Waals surface area contributed by atoms with Gasteiger partial charge in [-0.3, -0.25) is 24.6 Å². The molecule has 0 aliphatic heterocycles. The van der Waals surface area contributed by atoms with E-state index in [2.05, 4.69) is 20.4 Å². The van der Waals surface area contributed by atoms with Gasteiger partial charge in [0.25, 0.3) is 5.69 Å². The number of halogens is 5. The number of carbonyl (C=O) groups excluding carboxylic acids is 2. The van der Waals surface area contributed by atoms with Gasteiger partial charge in [-0.25, -0.2) is 4.79 Å². The number of ether oxygens (including phenoxy) is 2. The Hall–Kier alpha value is -4.46. The van der Waals surface area contributed by atoms with Gasteiger partial charge in [0.15, 0.2) is 0 Å². The molecule has 0 aliphatic carbocycles. The zero-order valence-corrected chi connectivity index (χ0v) is 26.5. The van der Waals surface area contributed by atoms with E-state index in [0.29, 0.717) is 12.4 Å². The molecule has 10 nitrogen and oxygen atoms in total. The molecule has 248 valence electrons. The van der Waals surface area contributed by atoms with Crippen molar-refractivity contribution >= 4 is 52.7 Å². The van der Waals surface area contributed by atoms with E-state index in [1.165, 1.54) is 6.08 Å². The van der Waals surface area contributed by atoms with Crippen molar-refractivity contribution in [1.82, 2.24) is 0 Å².